The lowest BCUT2D eigenvalue weighted by molar-refractivity contribution is 0.102. The van der Waals surface area contributed by atoms with E-state index in [1.54, 1.807) is 54.6 Å². The maximum atomic E-state index is 12.9. The highest BCUT2D eigenvalue weighted by molar-refractivity contribution is 7.92. The van der Waals surface area contributed by atoms with Gasteiger partial charge in [0.05, 0.1) is 13.7 Å². The fourth-order valence-electron chi connectivity index (χ4n) is 2.76. The third kappa shape index (κ3) is 5.68. The van der Waals surface area contributed by atoms with Gasteiger partial charge >= 0.3 is 0 Å². The lowest BCUT2D eigenvalue weighted by Gasteiger charge is -2.14. The second kappa shape index (κ2) is 9.72. The minimum atomic E-state index is -3.99. The Bertz CT molecular complexity index is 1160. The molecular weight excluding hydrogens is 440 g/mol. The van der Waals surface area contributed by atoms with Crippen LogP contribution in [-0.4, -0.2) is 28.0 Å². The van der Waals surface area contributed by atoms with Crippen LogP contribution in [0.2, 0.25) is 5.02 Å². The van der Waals surface area contributed by atoms with Crippen LogP contribution in [-0.2, 0) is 10.0 Å². The summed E-state index contributed by atoms with van der Waals surface area (Å²) in [5, 5.41) is 3.19. The Balaban J connectivity index is 1.84. The highest BCUT2D eigenvalue weighted by Gasteiger charge is 2.21. The number of benzene rings is 3. The number of halogens is 1. The molecule has 0 bridgehead atoms. The van der Waals surface area contributed by atoms with E-state index in [4.69, 9.17) is 21.1 Å². The number of nitrogens with one attached hydrogen (secondary N) is 2. The van der Waals surface area contributed by atoms with Crippen LogP contribution in [0.4, 0.5) is 11.4 Å². The lowest BCUT2D eigenvalue weighted by atomic mass is 10.2. The molecule has 0 aliphatic rings. The molecule has 0 aromatic heterocycles. The zero-order valence-corrected chi connectivity index (χ0v) is 18.5. The first-order valence-corrected chi connectivity index (χ1v) is 11.2. The van der Waals surface area contributed by atoms with Crippen molar-refractivity contribution in [2.45, 2.75) is 11.8 Å². The summed E-state index contributed by atoms with van der Waals surface area (Å²) in [6.07, 6.45) is 0. The number of sulfonamides is 1. The Kier molecular flexibility index (Phi) is 7.04. The molecule has 0 radical (unpaired) electrons. The second-order valence-corrected chi connectivity index (χ2v) is 8.48. The van der Waals surface area contributed by atoms with Gasteiger partial charge in [0.25, 0.3) is 15.9 Å². The molecule has 0 unspecified atom stereocenters. The number of methoxy groups -OCH3 is 1. The van der Waals surface area contributed by atoms with Gasteiger partial charge in [-0.1, -0.05) is 11.6 Å². The molecule has 0 heterocycles. The molecule has 3 rings (SSSR count). The van der Waals surface area contributed by atoms with Gasteiger partial charge in [0.2, 0.25) is 0 Å². The molecule has 1 amide bonds. The van der Waals surface area contributed by atoms with Crippen LogP contribution >= 0.6 is 11.6 Å². The van der Waals surface area contributed by atoms with Gasteiger partial charge < -0.3 is 14.8 Å². The van der Waals surface area contributed by atoms with E-state index in [1.807, 2.05) is 6.92 Å². The van der Waals surface area contributed by atoms with E-state index in [2.05, 4.69) is 10.0 Å². The molecule has 7 nitrogen and oxygen atoms in total. The highest BCUT2D eigenvalue weighted by atomic mass is 35.5. The fourth-order valence-corrected chi connectivity index (χ4v) is 4.15. The number of carbonyl (C=O) groups is 1. The molecule has 0 saturated carbocycles. The van der Waals surface area contributed by atoms with Crippen molar-refractivity contribution in [3.63, 3.8) is 0 Å². The first-order chi connectivity index (χ1) is 14.8. The van der Waals surface area contributed by atoms with Crippen LogP contribution in [0.15, 0.2) is 71.6 Å². The van der Waals surface area contributed by atoms with Crippen molar-refractivity contribution < 1.29 is 22.7 Å². The number of ether oxygens (including phenoxy) is 2. The SMILES string of the molecule is CCOc1ccc(C(=O)Nc2ccc(OC)c(S(=O)(=O)Nc3ccc(Cl)cc3)c2)cc1. The number of hydrogen-bond acceptors (Lipinski definition) is 5. The van der Waals surface area contributed by atoms with E-state index >= 15 is 0 Å². The second-order valence-electron chi connectivity index (χ2n) is 6.39. The summed E-state index contributed by atoms with van der Waals surface area (Å²) in [6, 6.07) is 17.3. The topological polar surface area (TPSA) is 93.7 Å². The molecular formula is C22H21ClN2O5S. The van der Waals surface area contributed by atoms with Crippen molar-refractivity contribution in [2.75, 3.05) is 23.8 Å². The van der Waals surface area contributed by atoms with E-state index in [0.29, 0.717) is 34.3 Å². The Labute approximate surface area is 186 Å². The van der Waals surface area contributed by atoms with Crippen molar-refractivity contribution in [2.24, 2.45) is 0 Å². The summed E-state index contributed by atoms with van der Waals surface area (Å²) in [7, 11) is -2.62. The van der Waals surface area contributed by atoms with Crippen molar-refractivity contribution in [3.8, 4) is 11.5 Å². The van der Waals surface area contributed by atoms with Crippen LogP contribution in [0.25, 0.3) is 0 Å². The molecule has 0 atom stereocenters. The predicted molar refractivity (Wildman–Crippen MR) is 121 cm³/mol. The average Bonchev–Trinajstić information content (AvgIpc) is 2.76. The van der Waals surface area contributed by atoms with Gasteiger partial charge in [-0.05, 0) is 73.7 Å². The van der Waals surface area contributed by atoms with Gasteiger partial charge in [-0.15, -0.1) is 0 Å². The Morgan fingerprint density at radius 3 is 2.23 bits per heavy atom. The summed E-state index contributed by atoms with van der Waals surface area (Å²) >= 11 is 5.85. The third-order valence-corrected chi connectivity index (χ3v) is 5.89. The molecule has 0 aliphatic carbocycles. The van der Waals surface area contributed by atoms with Gasteiger partial charge in [0, 0.05) is 22.0 Å². The molecule has 3 aromatic carbocycles. The quantitative estimate of drug-likeness (QED) is 0.503. The molecule has 31 heavy (non-hydrogen) atoms. The zero-order valence-electron chi connectivity index (χ0n) is 16.9. The van der Waals surface area contributed by atoms with Gasteiger partial charge in [0.1, 0.15) is 16.4 Å². The number of anilines is 2. The molecule has 0 fully saturated rings. The summed E-state index contributed by atoms with van der Waals surface area (Å²) in [4.78, 5) is 12.4. The predicted octanol–water partition coefficient (Wildman–Crippen LogP) is 4.80. The molecule has 0 aliphatic heterocycles. The minimum absolute atomic E-state index is 0.116. The summed E-state index contributed by atoms with van der Waals surface area (Å²) < 4.78 is 38.9. The van der Waals surface area contributed by atoms with E-state index < -0.39 is 10.0 Å². The van der Waals surface area contributed by atoms with Crippen molar-refractivity contribution >= 4 is 38.9 Å². The van der Waals surface area contributed by atoms with E-state index in [9.17, 15) is 13.2 Å². The lowest BCUT2D eigenvalue weighted by Crippen LogP contribution is -2.16. The molecule has 0 spiro atoms. The largest absolute Gasteiger partial charge is 0.495 e. The highest BCUT2D eigenvalue weighted by Crippen LogP contribution is 2.29. The van der Waals surface area contributed by atoms with E-state index in [-0.39, 0.29) is 16.6 Å². The van der Waals surface area contributed by atoms with Crippen LogP contribution in [0, 0.1) is 0 Å². The van der Waals surface area contributed by atoms with Gasteiger partial charge in [-0.3, -0.25) is 9.52 Å². The molecule has 2 N–H and O–H groups in total. The van der Waals surface area contributed by atoms with Crippen molar-refractivity contribution in [1.29, 1.82) is 0 Å². The number of amides is 1. The molecule has 9 heteroatoms. The minimum Gasteiger partial charge on any atom is -0.495 e. The third-order valence-electron chi connectivity index (χ3n) is 4.23. The first-order valence-electron chi connectivity index (χ1n) is 9.33. The first kappa shape index (κ1) is 22.5. The van der Waals surface area contributed by atoms with E-state index in [1.165, 1.54) is 19.2 Å². The zero-order chi connectivity index (χ0) is 22.4. The smallest absolute Gasteiger partial charge is 0.265 e. The van der Waals surface area contributed by atoms with Gasteiger partial charge in [0.15, 0.2) is 0 Å². The molecule has 3 aromatic rings. The Hall–Kier alpha value is -3.23. The standard InChI is InChI=1S/C22H21ClN2O5S/c1-3-30-19-11-4-15(5-12-19)22(26)24-18-10-13-20(29-2)21(14-18)31(27,28)25-17-8-6-16(23)7-9-17/h4-14,25H,3H2,1-2H3,(H,24,26). The normalized spacial score (nSPS) is 10.9. The van der Waals surface area contributed by atoms with Crippen LogP contribution in [0.3, 0.4) is 0 Å². The summed E-state index contributed by atoms with van der Waals surface area (Å²) in [5.74, 6) is 0.410. The van der Waals surface area contributed by atoms with Crippen molar-refractivity contribution in [1.82, 2.24) is 0 Å². The maximum Gasteiger partial charge on any atom is 0.265 e. The van der Waals surface area contributed by atoms with E-state index in [0.717, 1.165) is 0 Å². The number of carbonyl (C=O) groups excluding carboxylic acids is 1. The Morgan fingerprint density at radius 2 is 1.61 bits per heavy atom. The Morgan fingerprint density at radius 1 is 0.968 bits per heavy atom. The average molecular weight is 461 g/mol. The fraction of sp³-hybridized carbons (Fsp3) is 0.136. The van der Waals surface area contributed by atoms with Crippen LogP contribution in [0.1, 0.15) is 17.3 Å². The molecule has 162 valence electrons. The number of hydrogen-bond donors (Lipinski definition) is 2. The summed E-state index contributed by atoms with van der Waals surface area (Å²) in [5.41, 5.74) is 1.05. The number of rotatable bonds is 8. The van der Waals surface area contributed by atoms with Crippen molar-refractivity contribution in [3.05, 3.63) is 77.3 Å². The monoisotopic (exact) mass is 460 g/mol. The van der Waals surface area contributed by atoms with Crippen LogP contribution in [0.5, 0.6) is 11.5 Å². The maximum absolute atomic E-state index is 12.9. The van der Waals surface area contributed by atoms with Crippen LogP contribution < -0.4 is 19.5 Å². The van der Waals surface area contributed by atoms with Gasteiger partial charge in [-0.25, -0.2) is 8.42 Å². The molecule has 0 saturated heterocycles. The summed E-state index contributed by atoms with van der Waals surface area (Å²) in [6.45, 7) is 2.40. The van der Waals surface area contributed by atoms with Gasteiger partial charge in [-0.2, -0.15) is 0 Å².